The van der Waals surface area contributed by atoms with Crippen LogP contribution in [0.2, 0.25) is 12.6 Å². The van der Waals surface area contributed by atoms with Crippen LogP contribution in [-0.2, 0) is 23.7 Å². The molecule has 0 spiro atoms. The summed E-state index contributed by atoms with van der Waals surface area (Å²) >= 11 is 12.0. The molecule has 0 saturated heterocycles. The topological polar surface area (TPSA) is 46.2 Å². The van der Waals surface area contributed by atoms with Gasteiger partial charge in [0.2, 0.25) is 6.69 Å². The third kappa shape index (κ3) is 20.6. The molecule has 5 nitrogen and oxygen atoms in total. The lowest BCUT2D eigenvalue weighted by Gasteiger charge is -2.10. The van der Waals surface area contributed by atoms with Gasteiger partial charge in [0.15, 0.2) is 0 Å². The number of halogens is 2. The van der Waals surface area contributed by atoms with Gasteiger partial charge in [-0.25, -0.2) is 0 Å². The van der Waals surface area contributed by atoms with Gasteiger partial charge in [0.05, 0.1) is 52.9 Å². The molecule has 0 aromatic heterocycles. The standard InChI is InChI=1S/C14H30Cl2O5Si/c1-17-6-7-19-10-11-21-13-12-20-9-8-18-5-3-4-14-22(2,15)16/h3-14H2,1-2H3. The lowest BCUT2D eigenvalue weighted by molar-refractivity contribution is -0.00793. The molecule has 0 aliphatic heterocycles. The third-order valence-corrected chi connectivity index (χ3v) is 5.07. The van der Waals surface area contributed by atoms with Crippen LogP contribution in [0.15, 0.2) is 0 Å². The summed E-state index contributed by atoms with van der Waals surface area (Å²) in [5.74, 6) is 0. The molecule has 22 heavy (non-hydrogen) atoms. The average Bonchev–Trinajstić information content (AvgIpc) is 2.45. The maximum atomic E-state index is 6.02. The lowest BCUT2D eigenvalue weighted by Crippen LogP contribution is -2.13. The number of hydrogen-bond donors (Lipinski definition) is 0. The quantitative estimate of drug-likeness (QED) is 0.222. The van der Waals surface area contributed by atoms with Gasteiger partial charge in [-0.15, -0.1) is 22.2 Å². The van der Waals surface area contributed by atoms with Crippen molar-refractivity contribution in [1.82, 2.24) is 0 Å². The molecule has 0 bridgehead atoms. The minimum absolute atomic E-state index is 0.572. The molecule has 0 atom stereocenters. The molecule has 0 aliphatic rings. The predicted molar refractivity (Wildman–Crippen MR) is 92.5 cm³/mol. The Morgan fingerprint density at radius 1 is 0.636 bits per heavy atom. The van der Waals surface area contributed by atoms with Crippen molar-refractivity contribution in [3.8, 4) is 0 Å². The first-order valence-corrected chi connectivity index (χ1v) is 12.5. The van der Waals surface area contributed by atoms with Gasteiger partial charge in [0, 0.05) is 13.7 Å². The molecule has 134 valence electrons. The van der Waals surface area contributed by atoms with Crippen LogP contribution in [0, 0.1) is 0 Å². The average molecular weight is 377 g/mol. The minimum atomic E-state index is -1.93. The molecular weight excluding hydrogens is 347 g/mol. The highest BCUT2D eigenvalue weighted by atomic mass is 35.7. The van der Waals surface area contributed by atoms with E-state index in [4.69, 9.17) is 45.8 Å². The van der Waals surface area contributed by atoms with Crippen molar-refractivity contribution in [3.05, 3.63) is 0 Å². The van der Waals surface area contributed by atoms with Gasteiger partial charge in [0.1, 0.15) is 0 Å². The molecule has 0 aliphatic carbocycles. The second-order valence-corrected chi connectivity index (χ2v) is 13.2. The summed E-state index contributed by atoms with van der Waals surface area (Å²) < 4.78 is 26.3. The van der Waals surface area contributed by atoms with E-state index in [1.807, 2.05) is 6.55 Å². The van der Waals surface area contributed by atoms with E-state index >= 15 is 0 Å². The Balaban J connectivity index is 3.00. The summed E-state index contributed by atoms with van der Waals surface area (Å²) in [4.78, 5) is 0. The number of hydrogen-bond acceptors (Lipinski definition) is 5. The number of unbranched alkanes of at least 4 members (excludes halogenated alkanes) is 1. The Hall–Kier alpha value is 0.597. The van der Waals surface area contributed by atoms with Gasteiger partial charge in [-0.3, -0.25) is 0 Å². The molecule has 0 aromatic carbocycles. The fourth-order valence-corrected chi connectivity index (χ4v) is 3.22. The second-order valence-electron chi connectivity index (χ2n) is 4.97. The third-order valence-electron chi connectivity index (χ3n) is 2.70. The lowest BCUT2D eigenvalue weighted by atomic mass is 10.4. The Bertz CT molecular complexity index is 230. The van der Waals surface area contributed by atoms with E-state index in [0.29, 0.717) is 52.9 Å². The van der Waals surface area contributed by atoms with Gasteiger partial charge < -0.3 is 23.7 Å². The Kier molecular flexibility index (Phi) is 16.9. The van der Waals surface area contributed by atoms with Crippen LogP contribution in [0.3, 0.4) is 0 Å². The smallest absolute Gasteiger partial charge is 0.248 e. The summed E-state index contributed by atoms with van der Waals surface area (Å²) in [7, 11) is 1.65. The molecule has 0 fully saturated rings. The SMILES string of the molecule is COCCOCCOCCOCCOCCCC[Si](C)(Cl)Cl. The van der Waals surface area contributed by atoms with E-state index in [2.05, 4.69) is 0 Å². The predicted octanol–water partition coefficient (Wildman–Crippen LogP) is 3.03. The van der Waals surface area contributed by atoms with Crippen LogP contribution < -0.4 is 0 Å². The zero-order valence-corrected chi connectivity index (χ0v) is 16.3. The summed E-state index contributed by atoms with van der Waals surface area (Å²) in [6, 6.07) is 0.919. The van der Waals surface area contributed by atoms with Crippen molar-refractivity contribution in [2.24, 2.45) is 0 Å². The molecular formula is C14H30Cl2O5Si. The number of methoxy groups -OCH3 is 1. The normalized spacial score (nSPS) is 12.0. The molecule has 0 rings (SSSR count). The molecule has 0 heterocycles. The summed E-state index contributed by atoms with van der Waals surface area (Å²) in [5.41, 5.74) is 0. The number of ether oxygens (including phenoxy) is 5. The summed E-state index contributed by atoms with van der Waals surface area (Å²) in [6.07, 6.45) is 2.02. The van der Waals surface area contributed by atoms with Crippen LogP contribution >= 0.6 is 22.2 Å². The van der Waals surface area contributed by atoms with E-state index in [0.717, 1.165) is 25.5 Å². The van der Waals surface area contributed by atoms with Crippen LogP contribution in [0.4, 0.5) is 0 Å². The van der Waals surface area contributed by atoms with Crippen LogP contribution in [0.5, 0.6) is 0 Å². The molecule has 8 heteroatoms. The van der Waals surface area contributed by atoms with Crippen molar-refractivity contribution in [3.63, 3.8) is 0 Å². The minimum Gasteiger partial charge on any atom is -0.382 e. The molecule has 0 radical (unpaired) electrons. The fourth-order valence-electron chi connectivity index (χ4n) is 1.54. The van der Waals surface area contributed by atoms with Crippen molar-refractivity contribution in [2.45, 2.75) is 25.4 Å². The first-order chi connectivity index (χ1) is 10.6. The highest BCUT2D eigenvalue weighted by molar-refractivity contribution is 7.44. The van der Waals surface area contributed by atoms with E-state index in [1.165, 1.54) is 0 Å². The Morgan fingerprint density at radius 2 is 1.05 bits per heavy atom. The highest BCUT2D eigenvalue weighted by Crippen LogP contribution is 2.22. The van der Waals surface area contributed by atoms with Crippen LogP contribution in [0.1, 0.15) is 12.8 Å². The highest BCUT2D eigenvalue weighted by Gasteiger charge is 2.19. The monoisotopic (exact) mass is 376 g/mol. The van der Waals surface area contributed by atoms with Crippen molar-refractivity contribution < 1.29 is 23.7 Å². The van der Waals surface area contributed by atoms with Gasteiger partial charge in [-0.2, -0.15) is 0 Å². The molecule has 0 N–H and O–H groups in total. The van der Waals surface area contributed by atoms with Crippen molar-refractivity contribution >= 4 is 28.9 Å². The van der Waals surface area contributed by atoms with Crippen LogP contribution in [0.25, 0.3) is 0 Å². The molecule has 0 amide bonds. The first-order valence-electron chi connectivity index (χ1n) is 7.74. The van der Waals surface area contributed by atoms with Gasteiger partial charge in [-0.05, 0) is 19.0 Å². The first kappa shape index (κ1) is 22.6. The van der Waals surface area contributed by atoms with Crippen molar-refractivity contribution in [2.75, 3.05) is 66.6 Å². The van der Waals surface area contributed by atoms with Gasteiger partial charge in [-0.1, -0.05) is 6.42 Å². The summed E-state index contributed by atoms with van der Waals surface area (Å²) in [5, 5.41) is 0. The zero-order chi connectivity index (χ0) is 16.5. The molecule has 0 aromatic rings. The van der Waals surface area contributed by atoms with E-state index in [1.54, 1.807) is 7.11 Å². The van der Waals surface area contributed by atoms with Crippen molar-refractivity contribution in [1.29, 1.82) is 0 Å². The van der Waals surface area contributed by atoms with E-state index in [9.17, 15) is 0 Å². The van der Waals surface area contributed by atoms with Gasteiger partial charge >= 0.3 is 0 Å². The van der Waals surface area contributed by atoms with Gasteiger partial charge in [0.25, 0.3) is 0 Å². The fraction of sp³-hybridized carbons (Fsp3) is 1.00. The maximum absolute atomic E-state index is 6.02. The zero-order valence-electron chi connectivity index (χ0n) is 13.8. The van der Waals surface area contributed by atoms with E-state index < -0.39 is 6.69 Å². The molecule has 0 unspecified atom stereocenters. The largest absolute Gasteiger partial charge is 0.382 e. The van der Waals surface area contributed by atoms with E-state index in [-0.39, 0.29) is 0 Å². The maximum Gasteiger partial charge on any atom is 0.248 e. The summed E-state index contributed by atoms with van der Waals surface area (Å²) in [6.45, 7) is 5.46. The Morgan fingerprint density at radius 3 is 1.45 bits per heavy atom. The second kappa shape index (κ2) is 16.5. The Labute approximate surface area is 144 Å². The molecule has 0 saturated carbocycles. The van der Waals surface area contributed by atoms with Crippen LogP contribution in [-0.4, -0.2) is 73.3 Å². The number of rotatable bonds is 17.